The molecule has 0 bridgehead atoms. The summed E-state index contributed by atoms with van der Waals surface area (Å²) in [6.07, 6.45) is 5.12. The van der Waals surface area contributed by atoms with Gasteiger partial charge in [-0.25, -0.2) is 0 Å². The Morgan fingerprint density at radius 2 is 1.77 bits per heavy atom. The topological polar surface area (TPSA) is 111 Å². The SMILES string of the molecule is Cl.Cl.O=C1CCC(N2Cc3c(NC(=O)CCCCCCN4CCNCC4)cccc3C2=O)C(=O)N1. The fraction of sp³-hybridized carbons (Fsp3) is 0.583. The minimum atomic E-state index is -0.660. The number of hydrogen-bond donors (Lipinski definition) is 3. The first-order valence-electron chi connectivity index (χ1n) is 12.0. The molecule has 11 heteroatoms. The van der Waals surface area contributed by atoms with Crippen molar-refractivity contribution in [3.63, 3.8) is 0 Å². The van der Waals surface area contributed by atoms with Crippen molar-refractivity contribution < 1.29 is 19.2 Å². The standard InChI is InChI=1S/C24H33N5O4.2ClH/c30-21(8-3-1-2-4-13-28-14-11-25-12-15-28)26-19-7-5-6-17-18(19)16-29(24(17)33)20-9-10-22(31)27-23(20)32;;/h5-7,20,25H,1-4,8-16H2,(H,26,30)(H,27,31,32);2*1H. The van der Waals surface area contributed by atoms with Crippen molar-refractivity contribution in [3.8, 4) is 0 Å². The smallest absolute Gasteiger partial charge is 0.255 e. The van der Waals surface area contributed by atoms with Crippen LogP contribution in [0, 0.1) is 0 Å². The van der Waals surface area contributed by atoms with Crippen molar-refractivity contribution in [1.29, 1.82) is 0 Å². The third-order valence-electron chi connectivity index (χ3n) is 6.69. The molecular weight excluding hydrogens is 493 g/mol. The highest BCUT2D eigenvalue weighted by molar-refractivity contribution is 6.06. The number of nitrogens with one attached hydrogen (secondary N) is 3. The Morgan fingerprint density at radius 1 is 1.03 bits per heavy atom. The van der Waals surface area contributed by atoms with Gasteiger partial charge in [0.2, 0.25) is 17.7 Å². The molecule has 1 atom stereocenters. The van der Waals surface area contributed by atoms with Crippen molar-refractivity contribution in [2.24, 2.45) is 0 Å². The number of piperazine rings is 1. The van der Waals surface area contributed by atoms with Crippen LogP contribution in [-0.2, 0) is 20.9 Å². The number of imide groups is 1. The number of piperidine rings is 1. The first kappa shape index (κ1) is 29.0. The lowest BCUT2D eigenvalue weighted by atomic mass is 10.0. The zero-order chi connectivity index (χ0) is 23.2. The molecule has 0 saturated carbocycles. The second-order valence-electron chi connectivity index (χ2n) is 9.04. The maximum atomic E-state index is 12.9. The normalized spacial score (nSPS) is 19.9. The summed E-state index contributed by atoms with van der Waals surface area (Å²) in [5.74, 6) is -1.04. The highest BCUT2D eigenvalue weighted by atomic mass is 35.5. The van der Waals surface area contributed by atoms with E-state index in [4.69, 9.17) is 0 Å². The monoisotopic (exact) mass is 527 g/mol. The third kappa shape index (κ3) is 7.39. The molecule has 2 fully saturated rings. The Bertz CT molecular complexity index is 923. The lowest BCUT2D eigenvalue weighted by molar-refractivity contribution is -0.137. The fourth-order valence-corrected chi connectivity index (χ4v) is 4.82. The van der Waals surface area contributed by atoms with Gasteiger partial charge in [0.25, 0.3) is 5.91 Å². The number of anilines is 1. The van der Waals surface area contributed by atoms with Gasteiger partial charge in [-0.15, -0.1) is 24.8 Å². The summed E-state index contributed by atoms with van der Waals surface area (Å²) in [6, 6.07) is 4.60. The fourth-order valence-electron chi connectivity index (χ4n) is 4.82. The molecule has 3 N–H and O–H groups in total. The summed E-state index contributed by atoms with van der Waals surface area (Å²) >= 11 is 0. The summed E-state index contributed by atoms with van der Waals surface area (Å²) in [5, 5.41) is 8.63. The van der Waals surface area contributed by atoms with E-state index in [9.17, 15) is 19.2 Å². The lowest BCUT2D eigenvalue weighted by Gasteiger charge is -2.29. The van der Waals surface area contributed by atoms with Crippen molar-refractivity contribution in [2.45, 2.75) is 57.5 Å². The van der Waals surface area contributed by atoms with Crippen molar-refractivity contribution in [3.05, 3.63) is 29.3 Å². The molecule has 3 heterocycles. The largest absolute Gasteiger partial charge is 0.326 e. The molecule has 0 spiro atoms. The summed E-state index contributed by atoms with van der Waals surface area (Å²) in [6.45, 7) is 5.76. The highest BCUT2D eigenvalue weighted by Gasteiger charge is 2.39. The number of amides is 4. The molecule has 9 nitrogen and oxygen atoms in total. The first-order chi connectivity index (χ1) is 16.0. The third-order valence-corrected chi connectivity index (χ3v) is 6.69. The van der Waals surface area contributed by atoms with Crippen LogP contribution in [0.5, 0.6) is 0 Å². The molecule has 35 heavy (non-hydrogen) atoms. The number of carbonyl (C=O) groups excluding carboxylic acids is 4. The van der Waals surface area contributed by atoms with Crippen molar-refractivity contribution in [2.75, 3.05) is 38.0 Å². The Morgan fingerprint density at radius 3 is 2.51 bits per heavy atom. The maximum Gasteiger partial charge on any atom is 0.255 e. The number of carbonyl (C=O) groups is 4. The van der Waals surface area contributed by atoms with Crippen molar-refractivity contribution in [1.82, 2.24) is 20.4 Å². The van der Waals surface area contributed by atoms with Gasteiger partial charge < -0.3 is 20.4 Å². The average molecular weight is 528 g/mol. The molecule has 1 unspecified atom stereocenters. The summed E-state index contributed by atoms with van der Waals surface area (Å²) in [7, 11) is 0. The van der Waals surface area contributed by atoms with Gasteiger partial charge in [0.05, 0.1) is 0 Å². The number of hydrogen-bond acceptors (Lipinski definition) is 6. The maximum absolute atomic E-state index is 12.9. The number of nitrogens with zero attached hydrogens (tertiary/aromatic N) is 2. The van der Waals surface area contributed by atoms with Crippen LogP contribution in [0.25, 0.3) is 0 Å². The van der Waals surface area contributed by atoms with Crippen LogP contribution in [0.2, 0.25) is 0 Å². The molecule has 0 radical (unpaired) electrons. The molecule has 1 aromatic carbocycles. The first-order valence-corrected chi connectivity index (χ1v) is 12.0. The van der Waals surface area contributed by atoms with Gasteiger partial charge in [0.1, 0.15) is 6.04 Å². The van der Waals surface area contributed by atoms with Gasteiger partial charge in [-0.3, -0.25) is 24.5 Å². The Balaban J connectivity index is 0.00000216. The van der Waals surface area contributed by atoms with Crippen LogP contribution in [0.3, 0.4) is 0 Å². The van der Waals surface area contributed by atoms with E-state index in [1.807, 2.05) is 0 Å². The van der Waals surface area contributed by atoms with Crippen LogP contribution in [-0.4, -0.2) is 72.2 Å². The van der Waals surface area contributed by atoms with E-state index in [0.29, 0.717) is 24.1 Å². The minimum Gasteiger partial charge on any atom is -0.326 e. The lowest BCUT2D eigenvalue weighted by Crippen LogP contribution is -2.52. The molecule has 3 aliphatic heterocycles. The van der Waals surface area contributed by atoms with Gasteiger partial charge in [-0.2, -0.15) is 0 Å². The summed E-state index contributed by atoms with van der Waals surface area (Å²) < 4.78 is 0. The molecule has 3 aliphatic rings. The van der Waals surface area contributed by atoms with E-state index >= 15 is 0 Å². The van der Waals surface area contributed by atoms with Gasteiger partial charge in [0, 0.05) is 62.4 Å². The Hall–Kier alpha value is -2.20. The van der Waals surface area contributed by atoms with E-state index in [-0.39, 0.29) is 55.5 Å². The molecule has 4 amide bonds. The number of fused-ring (bicyclic) bond motifs is 1. The molecule has 0 aliphatic carbocycles. The molecular formula is C24H35Cl2N5O4. The quantitative estimate of drug-likeness (QED) is 0.335. The van der Waals surface area contributed by atoms with Gasteiger partial charge in [-0.05, 0) is 37.9 Å². The van der Waals surface area contributed by atoms with Crippen LogP contribution >= 0.6 is 24.8 Å². The van der Waals surface area contributed by atoms with Crippen LogP contribution in [0.15, 0.2) is 18.2 Å². The van der Waals surface area contributed by atoms with E-state index in [2.05, 4.69) is 20.9 Å². The number of halogens is 2. The van der Waals surface area contributed by atoms with Crippen molar-refractivity contribution >= 4 is 54.1 Å². The number of rotatable bonds is 9. The minimum absolute atomic E-state index is 0. The van der Waals surface area contributed by atoms with E-state index < -0.39 is 11.9 Å². The molecule has 1 aromatic rings. The van der Waals surface area contributed by atoms with E-state index in [1.54, 1.807) is 18.2 Å². The average Bonchev–Trinajstić information content (AvgIpc) is 3.14. The molecule has 194 valence electrons. The molecule has 2 saturated heterocycles. The summed E-state index contributed by atoms with van der Waals surface area (Å²) in [5.41, 5.74) is 1.86. The number of unbranched alkanes of at least 4 members (excludes halogenated alkanes) is 3. The van der Waals surface area contributed by atoms with Crippen LogP contribution in [0.4, 0.5) is 5.69 Å². The van der Waals surface area contributed by atoms with Crippen LogP contribution < -0.4 is 16.0 Å². The Labute approximate surface area is 218 Å². The van der Waals surface area contributed by atoms with E-state index in [1.165, 1.54) is 4.90 Å². The predicted octanol–water partition coefficient (Wildman–Crippen LogP) is 2.09. The molecule has 4 rings (SSSR count). The van der Waals surface area contributed by atoms with Crippen LogP contribution in [0.1, 0.15) is 60.9 Å². The second kappa shape index (κ2) is 13.8. The van der Waals surface area contributed by atoms with Gasteiger partial charge >= 0.3 is 0 Å². The molecule has 0 aromatic heterocycles. The van der Waals surface area contributed by atoms with Gasteiger partial charge in [-0.1, -0.05) is 18.9 Å². The Kier molecular flexibility index (Phi) is 11.4. The number of benzene rings is 1. The highest BCUT2D eigenvalue weighted by Crippen LogP contribution is 2.32. The van der Waals surface area contributed by atoms with E-state index in [0.717, 1.165) is 64.0 Å². The van der Waals surface area contributed by atoms with Gasteiger partial charge in [0.15, 0.2) is 0 Å². The zero-order valence-electron chi connectivity index (χ0n) is 19.8. The second-order valence-corrected chi connectivity index (χ2v) is 9.04. The zero-order valence-corrected chi connectivity index (χ0v) is 21.5. The predicted molar refractivity (Wildman–Crippen MR) is 138 cm³/mol. The summed E-state index contributed by atoms with van der Waals surface area (Å²) in [4.78, 5) is 53.1.